The van der Waals surface area contributed by atoms with Crippen molar-refractivity contribution in [1.29, 1.82) is 0 Å². The lowest BCUT2D eigenvalue weighted by Crippen LogP contribution is -2.22. The van der Waals surface area contributed by atoms with Crippen molar-refractivity contribution in [1.82, 2.24) is 5.32 Å². The Kier molecular flexibility index (Phi) is 6.19. The summed E-state index contributed by atoms with van der Waals surface area (Å²) in [6.45, 7) is 0.694. The summed E-state index contributed by atoms with van der Waals surface area (Å²) in [5, 5.41) is 3.50. The number of hydrogen-bond acceptors (Lipinski definition) is 3. The molecule has 0 spiro atoms. The van der Waals surface area contributed by atoms with Gasteiger partial charge in [0.15, 0.2) is 0 Å². The molecule has 1 aliphatic carbocycles. The maximum absolute atomic E-state index is 12.6. The van der Waals surface area contributed by atoms with Gasteiger partial charge in [0.25, 0.3) is 0 Å². The van der Waals surface area contributed by atoms with Crippen molar-refractivity contribution in [3.05, 3.63) is 76.4 Å². The van der Waals surface area contributed by atoms with E-state index in [9.17, 15) is 18.0 Å². The van der Waals surface area contributed by atoms with E-state index in [1.165, 1.54) is 36.4 Å². The number of hydrogen-bond donors (Lipinski definition) is 1. The molecule has 0 radical (unpaired) electrons. The first-order valence-electron chi connectivity index (χ1n) is 9.15. The number of methoxy groups -OCH3 is 1. The van der Waals surface area contributed by atoms with Crippen molar-refractivity contribution in [3.63, 3.8) is 0 Å². The number of ether oxygens (including phenoxy) is 1. The maximum atomic E-state index is 12.6. The zero-order valence-corrected chi connectivity index (χ0v) is 15.6. The van der Waals surface area contributed by atoms with E-state index in [0.717, 1.165) is 36.1 Å². The van der Waals surface area contributed by atoms with E-state index in [0.29, 0.717) is 13.0 Å². The second kappa shape index (κ2) is 8.61. The Morgan fingerprint density at radius 2 is 1.96 bits per heavy atom. The highest BCUT2D eigenvalue weighted by atomic mass is 19.4. The van der Waals surface area contributed by atoms with Crippen molar-refractivity contribution >= 4 is 12.0 Å². The zero-order chi connectivity index (χ0) is 20.1. The van der Waals surface area contributed by atoms with Gasteiger partial charge in [-0.05, 0) is 66.3 Å². The summed E-state index contributed by atoms with van der Waals surface area (Å²) in [5.74, 6) is -0.386. The Hall–Kier alpha value is -2.60. The molecule has 0 saturated carbocycles. The van der Waals surface area contributed by atoms with Gasteiger partial charge in [-0.25, -0.2) is 4.79 Å². The average Bonchev–Trinajstić information content (AvgIpc) is 3.08. The maximum Gasteiger partial charge on any atom is 0.416 e. The molecule has 2 aromatic rings. The minimum absolute atomic E-state index is 0.239. The van der Waals surface area contributed by atoms with Gasteiger partial charge in [0, 0.05) is 12.1 Å². The average molecular weight is 389 g/mol. The van der Waals surface area contributed by atoms with Crippen LogP contribution in [0.5, 0.6) is 0 Å². The Labute approximate surface area is 162 Å². The van der Waals surface area contributed by atoms with Crippen molar-refractivity contribution in [2.75, 3.05) is 13.7 Å². The first kappa shape index (κ1) is 20.1. The van der Waals surface area contributed by atoms with E-state index in [2.05, 4.69) is 22.2 Å². The lowest BCUT2D eigenvalue weighted by atomic mass is 10.0. The lowest BCUT2D eigenvalue weighted by molar-refractivity contribution is -0.137. The van der Waals surface area contributed by atoms with Crippen LogP contribution in [0.15, 0.2) is 48.5 Å². The van der Waals surface area contributed by atoms with Gasteiger partial charge in [-0.3, -0.25) is 0 Å². The summed E-state index contributed by atoms with van der Waals surface area (Å²) < 4.78 is 42.4. The summed E-state index contributed by atoms with van der Waals surface area (Å²) in [6, 6.07) is 11.7. The molecule has 0 aliphatic heterocycles. The lowest BCUT2D eigenvalue weighted by Gasteiger charge is -2.14. The zero-order valence-electron chi connectivity index (χ0n) is 15.6. The Balaban J connectivity index is 1.55. The quantitative estimate of drug-likeness (QED) is 0.574. The molecule has 3 nitrogen and oxygen atoms in total. The van der Waals surface area contributed by atoms with Gasteiger partial charge in [-0.1, -0.05) is 30.3 Å². The Morgan fingerprint density at radius 1 is 1.21 bits per heavy atom. The van der Waals surface area contributed by atoms with Crippen LogP contribution in [0.1, 0.15) is 40.3 Å². The SMILES string of the molecule is COC(=O)C=Cc1ccc2c(c1)CCC2NCCc1ccc(C(F)(F)F)cc1. The minimum atomic E-state index is -4.30. The molecular formula is C22H22F3NO2. The van der Waals surface area contributed by atoms with Crippen LogP contribution in [-0.4, -0.2) is 19.6 Å². The van der Waals surface area contributed by atoms with Crippen LogP contribution in [0.3, 0.4) is 0 Å². The molecule has 28 heavy (non-hydrogen) atoms. The predicted octanol–water partition coefficient (Wildman–Crippen LogP) is 4.71. The Bertz CT molecular complexity index is 857. The summed E-state index contributed by atoms with van der Waals surface area (Å²) in [6.07, 6.45) is 1.44. The smallest absolute Gasteiger partial charge is 0.416 e. The standard InChI is InChI=1S/C22H22F3NO2/c1-28-21(27)11-5-16-4-9-19-17(14-16)6-10-20(19)26-13-12-15-2-7-18(8-3-15)22(23,24)25/h2-5,7-9,11,14,20,26H,6,10,12-13H2,1H3. The number of carbonyl (C=O) groups is 1. The largest absolute Gasteiger partial charge is 0.466 e. The molecule has 0 heterocycles. The third-order valence-electron chi connectivity index (χ3n) is 4.94. The van der Waals surface area contributed by atoms with Gasteiger partial charge in [-0.2, -0.15) is 13.2 Å². The number of carbonyl (C=O) groups excluding carboxylic acids is 1. The summed E-state index contributed by atoms with van der Waals surface area (Å²) >= 11 is 0. The minimum Gasteiger partial charge on any atom is -0.466 e. The molecule has 0 aromatic heterocycles. The van der Waals surface area contributed by atoms with Gasteiger partial charge < -0.3 is 10.1 Å². The first-order valence-corrected chi connectivity index (χ1v) is 9.15. The van der Waals surface area contributed by atoms with Crippen LogP contribution >= 0.6 is 0 Å². The number of nitrogens with one attached hydrogen (secondary N) is 1. The van der Waals surface area contributed by atoms with Gasteiger partial charge in [0.1, 0.15) is 0 Å². The topological polar surface area (TPSA) is 38.3 Å². The molecule has 0 amide bonds. The van der Waals surface area contributed by atoms with Crippen LogP contribution < -0.4 is 5.32 Å². The highest BCUT2D eigenvalue weighted by Crippen LogP contribution is 2.32. The van der Waals surface area contributed by atoms with Gasteiger partial charge in [0.2, 0.25) is 0 Å². The van der Waals surface area contributed by atoms with E-state index in [1.807, 2.05) is 6.07 Å². The van der Waals surface area contributed by atoms with Gasteiger partial charge >= 0.3 is 12.1 Å². The monoisotopic (exact) mass is 389 g/mol. The number of aryl methyl sites for hydroxylation is 1. The van der Waals surface area contributed by atoms with E-state index in [1.54, 1.807) is 6.08 Å². The third kappa shape index (κ3) is 5.01. The van der Waals surface area contributed by atoms with Crippen LogP contribution in [0.25, 0.3) is 6.08 Å². The summed E-state index contributed by atoms with van der Waals surface area (Å²) in [4.78, 5) is 11.2. The van der Waals surface area contributed by atoms with Crippen molar-refractivity contribution in [2.45, 2.75) is 31.5 Å². The predicted molar refractivity (Wildman–Crippen MR) is 102 cm³/mol. The number of fused-ring (bicyclic) bond motifs is 1. The molecule has 0 bridgehead atoms. The van der Waals surface area contributed by atoms with Crippen LogP contribution in [0.4, 0.5) is 13.2 Å². The molecule has 2 aromatic carbocycles. The second-order valence-corrected chi connectivity index (χ2v) is 6.80. The second-order valence-electron chi connectivity index (χ2n) is 6.80. The molecule has 1 aliphatic rings. The molecule has 1 N–H and O–H groups in total. The molecule has 1 atom stereocenters. The molecular weight excluding hydrogens is 367 g/mol. The fourth-order valence-electron chi connectivity index (χ4n) is 3.44. The number of alkyl halides is 3. The summed E-state index contributed by atoms with van der Waals surface area (Å²) in [5.41, 5.74) is 3.70. The van der Waals surface area contributed by atoms with Crippen LogP contribution in [0.2, 0.25) is 0 Å². The number of halogens is 3. The van der Waals surface area contributed by atoms with E-state index in [-0.39, 0.29) is 12.0 Å². The third-order valence-corrected chi connectivity index (χ3v) is 4.94. The molecule has 3 rings (SSSR count). The van der Waals surface area contributed by atoms with Crippen molar-refractivity contribution in [3.8, 4) is 0 Å². The van der Waals surface area contributed by atoms with Crippen LogP contribution in [0, 0.1) is 0 Å². The highest BCUT2D eigenvalue weighted by molar-refractivity contribution is 5.86. The number of benzene rings is 2. The fraction of sp³-hybridized carbons (Fsp3) is 0.318. The number of rotatable bonds is 6. The molecule has 6 heteroatoms. The highest BCUT2D eigenvalue weighted by Gasteiger charge is 2.29. The molecule has 0 fully saturated rings. The summed E-state index contributed by atoms with van der Waals surface area (Å²) in [7, 11) is 1.34. The molecule has 0 saturated heterocycles. The van der Waals surface area contributed by atoms with E-state index >= 15 is 0 Å². The normalized spacial score (nSPS) is 16.4. The van der Waals surface area contributed by atoms with Crippen LogP contribution in [-0.2, 0) is 28.5 Å². The molecule has 1 unspecified atom stereocenters. The van der Waals surface area contributed by atoms with E-state index in [4.69, 9.17) is 0 Å². The van der Waals surface area contributed by atoms with Crippen molar-refractivity contribution in [2.24, 2.45) is 0 Å². The first-order chi connectivity index (χ1) is 13.4. The van der Waals surface area contributed by atoms with Gasteiger partial charge in [-0.15, -0.1) is 0 Å². The van der Waals surface area contributed by atoms with Crippen molar-refractivity contribution < 1.29 is 22.7 Å². The Morgan fingerprint density at radius 3 is 2.64 bits per heavy atom. The molecule has 148 valence electrons. The number of esters is 1. The van der Waals surface area contributed by atoms with E-state index < -0.39 is 11.7 Å². The fourth-order valence-corrected chi connectivity index (χ4v) is 3.44. The van der Waals surface area contributed by atoms with Gasteiger partial charge in [0.05, 0.1) is 12.7 Å².